The highest BCUT2D eigenvalue weighted by Gasteiger charge is 2.59. The van der Waals surface area contributed by atoms with E-state index in [4.69, 9.17) is 14.3 Å². The Kier molecular flexibility index (Phi) is 20.8. The molecule has 0 aromatic rings. The molecule has 1 fully saturated rings. The number of rotatable bonds is 24. The second-order valence-electron chi connectivity index (χ2n) is 15.0. The molecule has 0 aromatic carbocycles. The van der Waals surface area contributed by atoms with E-state index in [0.29, 0.717) is 0 Å². The molecular formula is C40H68O7P2. The fraction of sp³-hybridized carbons (Fsp3) is 0.650. The van der Waals surface area contributed by atoms with Crippen molar-refractivity contribution in [3.05, 3.63) is 81.5 Å². The van der Waals surface area contributed by atoms with Crippen LogP contribution in [0.25, 0.3) is 0 Å². The van der Waals surface area contributed by atoms with Crippen LogP contribution in [0.3, 0.4) is 0 Å². The minimum Gasteiger partial charge on any atom is -0.302 e. The Balaban J connectivity index is 2.80. The van der Waals surface area contributed by atoms with Crippen molar-refractivity contribution in [1.82, 2.24) is 0 Å². The summed E-state index contributed by atoms with van der Waals surface area (Å²) in [6.07, 6.45) is 28.3. The smallest absolute Gasteiger partial charge is 0.302 e. The number of phosphoric acid groups is 2. The Bertz CT molecular complexity index is 1350. The van der Waals surface area contributed by atoms with Crippen molar-refractivity contribution in [2.24, 2.45) is 17.3 Å². The van der Waals surface area contributed by atoms with Crippen LogP contribution in [-0.4, -0.2) is 21.3 Å². The minimum absolute atomic E-state index is 0.0626. The summed E-state index contributed by atoms with van der Waals surface area (Å²) in [5.74, 6) is 0.0691. The second kappa shape index (κ2) is 22.4. The van der Waals surface area contributed by atoms with Crippen molar-refractivity contribution in [3.8, 4) is 0 Å². The summed E-state index contributed by atoms with van der Waals surface area (Å²) >= 11 is 0. The van der Waals surface area contributed by atoms with E-state index in [9.17, 15) is 14.0 Å². The van der Waals surface area contributed by atoms with Gasteiger partial charge in [-0.05, 0) is 157 Å². The van der Waals surface area contributed by atoms with Crippen LogP contribution in [-0.2, 0) is 18.0 Å². The van der Waals surface area contributed by atoms with E-state index in [0.717, 1.165) is 77.0 Å². The van der Waals surface area contributed by atoms with Crippen LogP contribution in [0, 0.1) is 17.3 Å². The zero-order chi connectivity index (χ0) is 37.3. The Hall–Kier alpha value is -1.56. The van der Waals surface area contributed by atoms with Crippen LogP contribution in [0.5, 0.6) is 0 Å². The lowest BCUT2D eigenvalue weighted by Gasteiger charge is -2.14. The van der Waals surface area contributed by atoms with Crippen LogP contribution in [0.15, 0.2) is 81.5 Å². The number of hydrogen-bond acceptors (Lipinski definition) is 4. The molecule has 7 nitrogen and oxygen atoms in total. The van der Waals surface area contributed by atoms with Gasteiger partial charge in [-0.3, -0.25) is 4.52 Å². The lowest BCUT2D eigenvalue weighted by molar-refractivity contribution is 0.166. The Labute approximate surface area is 299 Å². The van der Waals surface area contributed by atoms with Gasteiger partial charge < -0.3 is 14.7 Å². The summed E-state index contributed by atoms with van der Waals surface area (Å²) < 4.78 is 32.5. The minimum atomic E-state index is -5.17. The molecule has 1 rings (SSSR count). The van der Waals surface area contributed by atoms with Crippen molar-refractivity contribution < 1.29 is 32.6 Å². The molecule has 49 heavy (non-hydrogen) atoms. The fourth-order valence-electron chi connectivity index (χ4n) is 6.23. The lowest BCUT2D eigenvalue weighted by Crippen LogP contribution is -2.04. The van der Waals surface area contributed by atoms with E-state index in [2.05, 4.69) is 116 Å². The average Bonchev–Trinajstić information content (AvgIpc) is 3.50. The van der Waals surface area contributed by atoms with Gasteiger partial charge in [0.2, 0.25) is 0 Å². The first kappa shape index (κ1) is 45.5. The molecular weight excluding hydrogens is 654 g/mol. The Morgan fingerprint density at radius 3 is 1.35 bits per heavy atom. The van der Waals surface area contributed by atoms with E-state index in [1.54, 1.807) is 0 Å². The van der Waals surface area contributed by atoms with Crippen molar-refractivity contribution in [1.29, 1.82) is 0 Å². The van der Waals surface area contributed by atoms with Crippen molar-refractivity contribution in [3.63, 3.8) is 0 Å². The van der Waals surface area contributed by atoms with Gasteiger partial charge in [0.15, 0.2) is 0 Å². The first-order chi connectivity index (χ1) is 22.7. The molecule has 3 N–H and O–H groups in total. The summed E-state index contributed by atoms with van der Waals surface area (Å²) in [7, 11) is -10.1. The third-order valence-corrected chi connectivity index (χ3v) is 11.6. The fourth-order valence-corrected chi connectivity index (χ4v) is 7.84. The zero-order valence-electron chi connectivity index (χ0n) is 32.3. The molecule has 0 aromatic heterocycles. The average molecular weight is 723 g/mol. The van der Waals surface area contributed by atoms with E-state index < -0.39 is 15.6 Å². The van der Waals surface area contributed by atoms with Gasteiger partial charge in [0.05, 0.1) is 6.61 Å². The topological polar surface area (TPSA) is 113 Å². The molecule has 0 radical (unpaired) electrons. The Morgan fingerprint density at radius 1 is 0.592 bits per heavy atom. The largest absolute Gasteiger partial charge is 0.481 e. The van der Waals surface area contributed by atoms with Crippen molar-refractivity contribution >= 4 is 15.6 Å². The molecule has 0 spiro atoms. The normalized spacial score (nSPS) is 22.2. The number of allylic oxidation sites excluding steroid dienone is 14. The molecule has 0 heterocycles. The van der Waals surface area contributed by atoms with Crippen LogP contribution < -0.4 is 0 Å². The summed E-state index contributed by atoms with van der Waals surface area (Å²) in [6.45, 7) is 21.5. The quantitative estimate of drug-likeness (QED) is 0.0671. The third-order valence-electron chi connectivity index (χ3n) is 9.48. The van der Waals surface area contributed by atoms with Crippen molar-refractivity contribution in [2.75, 3.05) is 6.61 Å². The SMILES string of the molecule is CC(C)=CCC/C(C)=C\CC/C(C)=C\CC[C@@]1(C)C(/C=C(\C)CC/C=C(\C)CC/C=C(\C)CCC=C(C)C)[C@H]1COP(=O)(O)OP(=O)(O)O. The van der Waals surface area contributed by atoms with Gasteiger partial charge in [0.25, 0.3) is 0 Å². The van der Waals surface area contributed by atoms with Gasteiger partial charge in [0.1, 0.15) is 0 Å². The first-order valence-corrected chi connectivity index (χ1v) is 21.1. The molecule has 2 unspecified atom stereocenters. The Morgan fingerprint density at radius 2 is 0.959 bits per heavy atom. The van der Waals surface area contributed by atoms with Gasteiger partial charge in [0, 0.05) is 0 Å². The molecule has 280 valence electrons. The van der Waals surface area contributed by atoms with Crippen LogP contribution >= 0.6 is 15.6 Å². The maximum Gasteiger partial charge on any atom is 0.481 e. The number of phosphoric ester groups is 1. The maximum absolute atomic E-state index is 12.2. The highest BCUT2D eigenvalue weighted by atomic mass is 31.3. The maximum atomic E-state index is 12.2. The molecule has 0 aliphatic heterocycles. The second-order valence-corrected chi connectivity index (χ2v) is 17.8. The standard InChI is InChI=1S/C40H68O7P2/c1-31(2)17-11-19-33(5)21-13-23-35(7)25-15-26-37(9)29-38-39(30-46-49(44,45)47-48(41,42)43)40(38,10)28-16-27-36(8)24-14-22-34(6)20-12-18-32(3)4/h17-18,21-22,25,27,29,38-39H,11-16,19-20,23-24,26,28,30H2,1-10H3,(H,44,45)(H2,41,42,43)/b33-21+,34-22-,35-25+,36-27-,37-29+/t38?,39-,40+/m1/s1. The molecule has 0 bridgehead atoms. The predicted molar refractivity (Wildman–Crippen MR) is 207 cm³/mol. The molecule has 1 aliphatic rings. The molecule has 4 atom stereocenters. The predicted octanol–water partition coefficient (Wildman–Crippen LogP) is 12.8. The number of hydrogen-bond donors (Lipinski definition) is 3. The molecule has 9 heteroatoms. The van der Waals surface area contributed by atoms with Crippen LogP contribution in [0.1, 0.15) is 146 Å². The zero-order valence-corrected chi connectivity index (χ0v) is 34.0. The molecule has 1 saturated carbocycles. The van der Waals surface area contributed by atoms with E-state index in [1.165, 1.54) is 39.0 Å². The summed E-state index contributed by atoms with van der Waals surface area (Å²) in [6, 6.07) is 0. The van der Waals surface area contributed by atoms with Gasteiger partial charge in [-0.15, -0.1) is 0 Å². The summed E-state index contributed by atoms with van der Waals surface area (Å²) in [4.78, 5) is 27.9. The van der Waals surface area contributed by atoms with E-state index in [1.807, 2.05) is 0 Å². The van der Waals surface area contributed by atoms with E-state index >= 15 is 0 Å². The van der Waals surface area contributed by atoms with Crippen LogP contribution in [0.4, 0.5) is 0 Å². The van der Waals surface area contributed by atoms with Crippen LogP contribution in [0.2, 0.25) is 0 Å². The summed E-state index contributed by atoms with van der Waals surface area (Å²) in [5, 5.41) is 0. The molecule has 1 aliphatic carbocycles. The van der Waals surface area contributed by atoms with E-state index in [-0.39, 0.29) is 23.9 Å². The molecule has 0 amide bonds. The summed E-state index contributed by atoms with van der Waals surface area (Å²) in [5.41, 5.74) is 9.43. The van der Waals surface area contributed by atoms with Crippen molar-refractivity contribution in [2.45, 2.75) is 146 Å². The van der Waals surface area contributed by atoms with Gasteiger partial charge >= 0.3 is 15.6 Å². The monoisotopic (exact) mass is 722 g/mol. The van der Waals surface area contributed by atoms with Gasteiger partial charge in [-0.1, -0.05) is 88.5 Å². The highest BCUT2D eigenvalue weighted by molar-refractivity contribution is 7.60. The van der Waals surface area contributed by atoms with Gasteiger partial charge in [-0.2, -0.15) is 4.31 Å². The first-order valence-electron chi connectivity index (χ1n) is 18.0. The lowest BCUT2D eigenvalue weighted by atomic mass is 9.95. The highest BCUT2D eigenvalue weighted by Crippen LogP contribution is 2.65. The third kappa shape index (κ3) is 21.4. The molecule has 0 saturated heterocycles. The van der Waals surface area contributed by atoms with Gasteiger partial charge in [-0.25, -0.2) is 9.13 Å².